The van der Waals surface area contributed by atoms with Gasteiger partial charge in [-0.3, -0.25) is 14.5 Å². The molecule has 0 aromatic heterocycles. The molecule has 0 aliphatic carbocycles. The fraction of sp³-hybridized carbons (Fsp3) is 0.231. The average molecular weight is 395 g/mol. The molecule has 2 rings (SSSR count). The molecule has 1 aliphatic heterocycles. The third kappa shape index (κ3) is 4.23. The van der Waals surface area contributed by atoms with Gasteiger partial charge in [0.1, 0.15) is 5.70 Å². The van der Waals surface area contributed by atoms with Gasteiger partial charge < -0.3 is 15.2 Å². The number of benzene rings is 1. The summed E-state index contributed by atoms with van der Waals surface area (Å²) in [6.45, 7) is -0.620. The van der Waals surface area contributed by atoms with Crippen LogP contribution in [0.2, 0.25) is 0 Å². The first-order valence-electron chi connectivity index (χ1n) is 6.22. The SMILES string of the molecule is O=C1C=C(Nc2ccc(Br)cc2OC(F)(F)F)C(=O)N1CCO. The Hall–Kier alpha value is -2.07. The van der Waals surface area contributed by atoms with Crippen LogP contribution in [0.5, 0.6) is 5.75 Å². The molecular formula is C13H10BrF3N2O4. The van der Waals surface area contributed by atoms with Crippen molar-refractivity contribution in [3.05, 3.63) is 34.4 Å². The first-order valence-corrected chi connectivity index (χ1v) is 7.01. The highest BCUT2D eigenvalue weighted by Gasteiger charge is 2.34. The van der Waals surface area contributed by atoms with Crippen molar-refractivity contribution in [2.24, 2.45) is 0 Å². The van der Waals surface area contributed by atoms with Gasteiger partial charge in [0.05, 0.1) is 18.8 Å². The van der Waals surface area contributed by atoms with Crippen molar-refractivity contribution in [3.63, 3.8) is 0 Å². The molecular weight excluding hydrogens is 385 g/mol. The zero-order chi connectivity index (χ0) is 17.2. The number of halogens is 4. The lowest BCUT2D eigenvalue weighted by Crippen LogP contribution is -2.34. The summed E-state index contributed by atoms with van der Waals surface area (Å²) >= 11 is 3.02. The van der Waals surface area contributed by atoms with Crippen LogP contribution in [0.25, 0.3) is 0 Å². The molecule has 124 valence electrons. The summed E-state index contributed by atoms with van der Waals surface area (Å²) in [7, 11) is 0. The zero-order valence-electron chi connectivity index (χ0n) is 11.4. The number of carbonyl (C=O) groups is 2. The monoisotopic (exact) mass is 394 g/mol. The standard InChI is InChI=1S/C13H10BrF3N2O4/c14-7-1-2-8(10(5-7)23-13(15,16)17)18-9-6-11(21)19(3-4-20)12(9)22/h1-2,5-6,18,20H,3-4H2. The van der Waals surface area contributed by atoms with E-state index in [0.29, 0.717) is 4.47 Å². The van der Waals surface area contributed by atoms with Gasteiger partial charge in [0.15, 0.2) is 5.75 Å². The number of rotatable bonds is 5. The van der Waals surface area contributed by atoms with Crippen molar-refractivity contribution in [3.8, 4) is 5.75 Å². The van der Waals surface area contributed by atoms with Crippen LogP contribution < -0.4 is 10.1 Å². The number of β-amino-alcohol motifs (C(OH)–C–C–N with tert-alkyl or cyclic N) is 1. The molecule has 0 saturated carbocycles. The molecule has 1 aromatic carbocycles. The summed E-state index contributed by atoms with van der Waals surface area (Å²) < 4.78 is 41.5. The number of carbonyl (C=O) groups excluding carboxylic acids is 2. The van der Waals surface area contributed by atoms with Crippen molar-refractivity contribution >= 4 is 33.4 Å². The molecule has 10 heteroatoms. The van der Waals surface area contributed by atoms with Gasteiger partial charge in [-0.1, -0.05) is 15.9 Å². The van der Waals surface area contributed by atoms with Crippen LogP contribution in [-0.4, -0.2) is 41.3 Å². The summed E-state index contributed by atoms with van der Waals surface area (Å²) in [5.74, 6) is -1.97. The highest BCUT2D eigenvalue weighted by Crippen LogP contribution is 2.34. The van der Waals surface area contributed by atoms with Gasteiger partial charge in [-0.15, -0.1) is 13.2 Å². The number of nitrogens with one attached hydrogen (secondary N) is 1. The molecule has 1 heterocycles. The van der Waals surface area contributed by atoms with E-state index in [2.05, 4.69) is 26.0 Å². The number of hydrogen-bond acceptors (Lipinski definition) is 5. The fourth-order valence-electron chi connectivity index (χ4n) is 1.86. The number of aliphatic hydroxyl groups is 1. The summed E-state index contributed by atoms with van der Waals surface area (Å²) in [6.07, 6.45) is -3.97. The van der Waals surface area contributed by atoms with Crippen LogP contribution in [0.1, 0.15) is 0 Å². The molecule has 1 aliphatic rings. The van der Waals surface area contributed by atoms with Gasteiger partial charge in [0.2, 0.25) is 0 Å². The maximum absolute atomic E-state index is 12.4. The van der Waals surface area contributed by atoms with E-state index in [9.17, 15) is 22.8 Å². The first-order chi connectivity index (χ1) is 10.7. The summed E-state index contributed by atoms with van der Waals surface area (Å²) in [5.41, 5.74) is -0.346. The number of anilines is 1. The Balaban J connectivity index is 2.25. The number of amides is 2. The van der Waals surface area contributed by atoms with E-state index < -0.39 is 30.5 Å². The lowest BCUT2D eigenvalue weighted by Gasteiger charge is -2.16. The summed E-state index contributed by atoms with van der Waals surface area (Å²) in [6, 6.07) is 3.78. The molecule has 0 spiro atoms. The van der Waals surface area contributed by atoms with E-state index >= 15 is 0 Å². The van der Waals surface area contributed by atoms with Crippen molar-refractivity contribution < 1.29 is 32.6 Å². The van der Waals surface area contributed by atoms with E-state index in [0.717, 1.165) is 17.0 Å². The van der Waals surface area contributed by atoms with Crippen LogP contribution in [0, 0.1) is 0 Å². The van der Waals surface area contributed by atoms with Crippen molar-refractivity contribution in [2.45, 2.75) is 6.36 Å². The van der Waals surface area contributed by atoms with Gasteiger partial charge in [-0.05, 0) is 18.2 Å². The highest BCUT2D eigenvalue weighted by molar-refractivity contribution is 9.10. The molecule has 0 bridgehead atoms. The second-order valence-electron chi connectivity index (χ2n) is 4.39. The highest BCUT2D eigenvalue weighted by atomic mass is 79.9. The minimum Gasteiger partial charge on any atom is -0.404 e. The average Bonchev–Trinajstić information content (AvgIpc) is 2.68. The number of aliphatic hydroxyl groups excluding tert-OH is 1. The number of alkyl halides is 3. The molecule has 1 aromatic rings. The molecule has 0 unspecified atom stereocenters. The van der Waals surface area contributed by atoms with Crippen LogP contribution in [0.3, 0.4) is 0 Å². The van der Waals surface area contributed by atoms with Gasteiger partial charge in [0, 0.05) is 10.5 Å². The van der Waals surface area contributed by atoms with E-state index in [4.69, 9.17) is 5.11 Å². The Morgan fingerprint density at radius 3 is 2.61 bits per heavy atom. The second kappa shape index (κ2) is 6.59. The molecule has 0 atom stereocenters. The van der Waals surface area contributed by atoms with Crippen molar-refractivity contribution in [2.75, 3.05) is 18.5 Å². The predicted molar refractivity (Wildman–Crippen MR) is 76.3 cm³/mol. The van der Waals surface area contributed by atoms with Gasteiger partial charge in [-0.25, -0.2) is 0 Å². The van der Waals surface area contributed by atoms with Gasteiger partial charge in [0.25, 0.3) is 11.8 Å². The van der Waals surface area contributed by atoms with E-state index in [1.165, 1.54) is 12.1 Å². The number of ether oxygens (including phenoxy) is 1. The maximum atomic E-state index is 12.4. The molecule has 23 heavy (non-hydrogen) atoms. The Kier molecular flexibility index (Phi) is 4.95. The normalized spacial score (nSPS) is 15.0. The molecule has 2 N–H and O–H groups in total. The molecule has 0 saturated heterocycles. The van der Waals surface area contributed by atoms with Gasteiger partial charge >= 0.3 is 6.36 Å². The predicted octanol–water partition coefficient (Wildman–Crippen LogP) is 2.00. The third-order valence-corrected chi connectivity index (χ3v) is 3.26. The molecule has 0 fully saturated rings. The largest absolute Gasteiger partial charge is 0.573 e. The zero-order valence-corrected chi connectivity index (χ0v) is 12.9. The number of hydrogen-bond donors (Lipinski definition) is 2. The van der Waals surface area contributed by atoms with Crippen LogP contribution in [-0.2, 0) is 9.59 Å². The summed E-state index contributed by atoms with van der Waals surface area (Å²) in [5, 5.41) is 11.3. The first kappa shape index (κ1) is 17.3. The van der Waals surface area contributed by atoms with E-state index in [1.54, 1.807) is 0 Å². The molecule has 2 amide bonds. The minimum atomic E-state index is -4.91. The topological polar surface area (TPSA) is 78.9 Å². The van der Waals surface area contributed by atoms with Crippen LogP contribution in [0.4, 0.5) is 18.9 Å². The third-order valence-electron chi connectivity index (χ3n) is 2.77. The Morgan fingerprint density at radius 2 is 2.00 bits per heavy atom. The van der Waals surface area contributed by atoms with E-state index in [-0.39, 0.29) is 17.9 Å². The van der Waals surface area contributed by atoms with E-state index in [1.807, 2.05) is 0 Å². The Labute approximate surface area is 136 Å². The second-order valence-corrected chi connectivity index (χ2v) is 5.31. The molecule has 6 nitrogen and oxygen atoms in total. The number of nitrogens with zero attached hydrogens (tertiary/aromatic N) is 1. The van der Waals surface area contributed by atoms with Crippen molar-refractivity contribution in [1.82, 2.24) is 4.90 Å². The number of imide groups is 1. The lowest BCUT2D eigenvalue weighted by atomic mass is 10.2. The summed E-state index contributed by atoms with van der Waals surface area (Å²) in [4.78, 5) is 24.3. The maximum Gasteiger partial charge on any atom is 0.573 e. The molecule has 0 radical (unpaired) electrons. The lowest BCUT2D eigenvalue weighted by molar-refractivity contribution is -0.274. The Bertz CT molecular complexity index is 676. The Morgan fingerprint density at radius 1 is 1.30 bits per heavy atom. The van der Waals surface area contributed by atoms with Gasteiger partial charge in [-0.2, -0.15) is 0 Å². The smallest absolute Gasteiger partial charge is 0.404 e. The minimum absolute atomic E-state index is 0.135. The van der Waals surface area contributed by atoms with Crippen molar-refractivity contribution in [1.29, 1.82) is 0 Å². The van der Waals surface area contributed by atoms with Crippen LogP contribution in [0.15, 0.2) is 34.4 Å². The quantitative estimate of drug-likeness (QED) is 0.746. The van der Waals surface area contributed by atoms with Crippen LogP contribution >= 0.6 is 15.9 Å². The fourth-order valence-corrected chi connectivity index (χ4v) is 2.20.